The van der Waals surface area contributed by atoms with Gasteiger partial charge in [0.15, 0.2) is 0 Å². The number of nitrogens with two attached hydrogens (primary N) is 1. The number of anilines is 1. The Morgan fingerprint density at radius 3 is 2.65 bits per heavy atom. The van der Waals surface area contributed by atoms with E-state index in [0.717, 1.165) is 31.9 Å². The van der Waals surface area contributed by atoms with Crippen molar-refractivity contribution in [1.82, 2.24) is 0 Å². The highest BCUT2D eigenvalue weighted by atomic mass is 16.5. The van der Waals surface area contributed by atoms with Crippen LogP contribution in [0.2, 0.25) is 0 Å². The molecule has 0 bridgehead atoms. The van der Waals surface area contributed by atoms with Crippen LogP contribution in [-0.2, 0) is 4.74 Å². The maximum atomic E-state index is 9.38. The zero-order valence-corrected chi connectivity index (χ0v) is 10.0. The Balaban J connectivity index is 2.25. The van der Waals surface area contributed by atoms with Crippen molar-refractivity contribution in [3.63, 3.8) is 0 Å². The van der Waals surface area contributed by atoms with Gasteiger partial charge in [-0.1, -0.05) is 18.2 Å². The van der Waals surface area contributed by atoms with E-state index in [0.29, 0.717) is 6.54 Å². The van der Waals surface area contributed by atoms with Gasteiger partial charge in [0, 0.05) is 31.2 Å². The van der Waals surface area contributed by atoms with Crippen molar-refractivity contribution >= 4 is 5.69 Å². The molecule has 0 aliphatic carbocycles. The molecule has 1 fully saturated rings. The lowest BCUT2D eigenvalue weighted by atomic mass is 9.97. The Morgan fingerprint density at radius 2 is 2.00 bits per heavy atom. The largest absolute Gasteiger partial charge is 0.396 e. The highest BCUT2D eigenvalue weighted by molar-refractivity contribution is 5.55. The second-order valence-electron chi connectivity index (χ2n) is 4.27. The van der Waals surface area contributed by atoms with Crippen LogP contribution in [-0.4, -0.2) is 44.6 Å². The first-order valence-corrected chi connectivity index (χ1v) is 6.09. The maximum absolute atomic E-state index is 9.38. The third-order valence-corrected chi connectivity index (χ3v) is 3.23. The van der Waals surface area contributed by atoms with Crippen LogP contribution in [0, 0.1) is 0 Å². The smallest absolute Gasteiger partial charge is 0.0642 e. The first kappa shape index (κ1) is 12.4. The first-order valence-electron chi connectivity index (χ1n) is 6.09. The van der Waals surface area contributed by atoms with Gasteiger partial charge in [-0.05, 0) is 11.6 Å². The zero-order chi connectivity index (χ0) is 12.1. The minimum Gasteiger partial charge on any atom is -0.396 e. The van der Waals surface area contributed by atoms with Crippen LogP contribution in [0.4, 0.5) is 5.69 Å². The third kappa shape index (κ3) is 2.77. The van der Waals surface area contributed by atoms with Crippen LogP contribution in [0.25, 0.3) is 0 Å². The van der Waals surface area contributed by atoms with Gasteiger partial charge < -0.3 is 20.5 Å². The van der Waals surface area contributed by atoms with Crippen molar-refractivity contribution in [2.45, 2.75) is 5.92 Å². The lowest BCUT2D eigenvalue weighted by Crippen LogP contribution is -2.37. The maximum Gasteiger partial charge on any atom is 0.0642 e. The number of rotatable bonds is 4. The van der Waals surface area contributed by atoms with Crippen molar-refractivity contribution in [3.05, 3.63) is 29.8 Å². The fourth-order valence-corrected chi connectivity index (χ4v) is 2.22. The summed E-state index contributed by atoms with van der Waals surface area (Å²) in [6, 6.07) is 8.17. The lowest BCUT2D eigenvalue weighted by Gasteiger charge is -2.32. The van der Waals surface area contributed by atoms with Crippen LogP contribution in [0.3, 0.4) is 0 Å². The van der Waals surface area contributed by atoms with Gasteiger partial charge in [-0.3, -0.25) is 0 Å². The highest BCUT2D eigenvalue weighted by Crippen LogP contribution is 2.27. The molecule has 4 nitrogen and oxygen atoms in total. The molecule has 1 atom stereocenters. The van der Waals surface area contributed by atoms with E-state index in [4.69, 9.17) is 10.5 Å². The second kappa shape index (κ2) is 6.00. The summed E-state index contributed by atoms with van der Waals surface area (Å²) in [4.78, 5) is 2.30. The van der Waals surface area contributed by atoms with E-state index >= 15 is 0 Å². The summed E-state index contributed by atoms with van der Waals surface area (Å²) < 4.78 is 5.36. The highest BCUT2D eigenvalue weighted by Gasteiger charge is 2.18. The van der Waals surface area contributed by atoms with Gasteiger partial charge in [-0.2, -0.15) is 0 Å². The predicted octanol–water partition coefficient (Wildman–Crippen LogP) is 0.558. The van der Waals surface area contributed by atoms with Gasteiger partial charge in [-0.15, -0.1) is 0 Å². The van der Waals surface area contributed by atoms with Gasteiger partial charge in [0.2, 0.25) is 0 Å². The van der Waals surface area contributed by atoms with Crippen LogP contribution in [0.1, 0.15) is 11.5 Å². The number of aliphatic hydroxyl groups is 1. The lowest BCUT2D eigenvalue weighted by molar-refractivity contribution is 0.122. The number of morpholine rings is 1. The fraction of sp³-hybridized carbons (Fsp3) is 0.538. The third-order valence-electron chi connectivity index (χ3n) is 3.23. The van der Waals surface area contributed by atoms with Crippen molar-refractivity contribution in [1.29, 1.82) is 0 Å². The molecule has 1 aliphatic heterocycles. The number of hydrogen-bond acceptors (Lipinski definition) is 4. The number of nitrogens with zero attached hydrogens (tertiary/aromatic N) is 1. The van der Waals surface area contributed by atoms with E-state index in [2.05, 4.69) is 17.0 Å². The van der Waals surface area contributed by atoms with E-state index in [1.165, 1.54) is 5.69 Å². The van der Waals surface area contributed by atoms with E-state index in [-0.39, 0.29) is 12.5 Å². The number of para-hydroxylation sites is 1. The minimum absolute atomic E-state index is 0.0223. The summed E-state index contributed by atoms with van der Waals surface area (Å²) in [5.41, 5.74) is 8.03. The quantitative estimate of drug-likeness (QED) is 0.802. The van der Waals surface area contributed by atoms with Crippen molar-refractivity contribution in [2.24, 2.45) is 5.73 Å². The molecule has 0 aromatic heterocycles. The Morgan fingerprint density at radius 1 is 1.29 bits per heavy atom. The van der Waals surface area contributed by atoms with Crippen molar-refractivity contribution in [3.8, 4) is 0 Å². The molecule has 1 saturated heterocycles. The SMILES string of the molecule is NCC(CO)c1ccccc1N1CCOCC1. The van der Waals surface area contributed by atoms with Crippen LogP contribution in [0.15, 0.2) is 24.3 Å². The molecule has 1 aliphatic rings. The molecule has 0 radical (unpaired) electrons. The van der Waals surface area contributed by atoms with Gasteiger partial charge >= 0.3 is 0 Å². The molecule has 1 aromatic rings. The second-order valence-corrected chi connectivity index (χ2v) is 4.27. The minimum atomic E-state index is 0.0223. The average molecular weight is 236 g/mol. The molecule has 3 N–H and O–H groups in total. The van der Waals surface area contributed by atoms with Gasteiger partial charge in [0.05, 0.1) is 19.8 Å². The van der Waals surface area contributed by atoms with Gasteiger partial charge in [-0.25, -0.2) is 0 Å². The fourth-order valence-electron chi connectivity index (χ4n) is 2.22. The number of hydrogen-bond donors (Lipinski definition) is 2. The number of aliphatic hydroxyl groups excluding tert-OH is 1. The van der Waals surface area contributed by atoms with E-state index in [9.17, 15) is 5.11 Å². The average Bonchev–Trinajstić information content (AvgIpc) is 2.42. The Kier molecular flexibility index (Phi) is 4.36. The van der Waals surface area contributed by atoms with Crippen molar-refractivity contribution in [2.75, 3.05) is 44.4 Å². The van der Waals surface area contributed by atoms with Gasteiger partial charge in [0.1, 0.15) is 0 Å². The van der Waals surface area contributed by atoms with E-state index in [1.807, 2.05) is 12.1 Å². The number of ether oxygens (including phenoxy) is 1. The summed E-state index contributed by atoms with van der Waals surface area (Å²) in [6.07, 6.45) is 0. The molecular weight excluding hydrogens is 216 g/mol. The van der Waals surface area contributed by atoms with Crippen LogP contribution >= 0.6 is 0 Å². The van der Waals surface area contributed by atoms with E-state index in [1.54, 1.807) is 0 Å². The van der Waals surface area contributed by atoms with Crippen LogP contribution < -0.4 is 10.6 Å². The Hall–Kier alpha value is -1.10. The Labute approximate surface area is 102 Å². The molecular formula is C13H20N2O2. The first-order chi connectivity index (χ1) is 8.36. The molecule has 94 valence electrons. The Bertz CT molecular complexity index is 347. The predicted molar refractivity (Wildman–Crippen MR) is 68.4 cm³/mol. The van der Waals surface area contributed by atoms with Crippen molar-refractivity contribution < 1.29 is 9.84 Å². The molecule has 1 unspecified atom stereocenters. The molecule has 17 heavy (non-hydrogen) atoms. The monoisotopic (exact) mass is 236 g/mol. The van der Waals surface area contributed by atoms with Crippen LogP contribution in [0.5, 0.6) is 0 Å². The molecule has 0 spiro atoms. The summed E-state index contributed by atoms with van der Waals surface area (Å²) in [6.45, 7) is 3.90. The topological polar surface area (TPSA) is 58.7 Å². The molecule has 4 heteroatoms. The molecule has 1 heterocycles. The van der Waals surface area contributed by atoms with Gasteiger partial charge in [0.25, 0.3) is 0 Å². The zero-order valence-electron chi connectivity index (χ0n) is 10.0. The molecule has 2 rings (SSSR count). The summed E-state index contributed by atoms with van der Waals surface area (Å²) in [5.74, 6) is 0.0223. The normalized spacial score (nSPS) is 18.1. The molecule has 0 amide bonds. The summed E-state index contributed by atoms with van der Waals surface area (Å²) >= 11 is 0. The standard InChI is InChI=1S/C13H20N2O2/c14-9-11(10-16)12-3-1-2-4-13(12)15-5-7-17-8-6-15/h1-4,11,16H,5-10,14H2. The molecule has 0 saturated carbocycles. The number of benzene rings is 1. The summed E-state index contributed by atoms with van der Waals surface area (Å²) in [5, 5.41) is 9.38. The van der Waals surface area contributed by atoms with E-state index < -0.39 is 0 Å². The molecule has 1 aromatic carbocycles. The summed E-state index contributed by atoms with van der Waals surface area (Å²) in [7, 11) is 0.